The predicted molar refractivity (Wildman–Crippen MR) is 538 cm³/mol. The lowest BCUT2D eigenvalue weighted by Crippen LogP contribution is -2.03. The van der Waals surface area contributed by atoms with Gasteiger partial charge in [-0.15, -0.1) is 15.3 Å². The Kier molecular flexibility index (Phi) is 22.3. The quantitative estimate of drug-likeness (QED) is 0.0844. The Labute approximate surface area is 749 Å². The summed E-state index contributed by atoms with van der Waals surface area (Å²) in [6.45, 7) is 0. The van der Waals surface area contributed by atoms with Gasteiger partial charge < -0.3 is 0 Å². The van der Waals surface area contributed by atoms with Crippen molar-refractivity contribution in [2.24, 2.45) is 0 Å². The molecule has 22 aromatic rings. The minimum atomic E-state index is 0.691. The molecule has 3 aromatic heterocycles. The Morgan fingerprint density at radius 1 is 0.209 bits per heavy atom. The van der Waals surface area contributed by atoms with E-state index in [1.165, 1.54) is 93.0 Å². The highest BCUT2D eigenvalue weighted by atomic mass is 15.4. The van der Waals surface area contributed by atoms with Crippen molar-refractivity contribution in [3.8, 4) is 124 Å². The third-order valence-corrected chi connectivity index (χ3v) is 23.8. The molecule has 0 N–H and O–H groups in total. The lowest BCUT2D eigenvalue weighted by atomic mass is 9.99. The van der Waals surface area contributed by atoms with Gasteiger partial charge in [-0.25, -0.2) is 29.0 Å². The second-order valence-corrected chi connectivity index (χ2v) is 32.3. The maximum absolute atomic E-state index is 5.17. The predicted octanol–water partition coefficient (Wildman–Crippen LogP) is 30.8. The normalized spacial score (nSPS) is 11.9. The zero-order valence-corrected chi connectivity index (χ0v) is 70.7. The zero-order valence-electron chi connectivity index (χ0n) is 70.7. The first kappa shape index (κ1) is 79.1. The van der Waals surface area contributed by atoms with Crippen molar-refractivity contribution in [1.82, 2.24) is 44.3 Å². The summed E-state index contributed by atoms with van der Waals surface area (Å²) in [6.07, 6.45) is 16.9. The van der Waals surface area contributed by atoms with E-state index in [2.05, 4.69) is 437 Å². The molecule has 0 bridgehead atoms. The largest absolute Gasteiger partial charge is 0.217 e. The molecule has 9 heteroatoms. The number of hydrogen-bond acceptors (Lipinski definition) is 6. The van der Waals surface area contributed by atoms with E-state index in [-0.39, 0.29) is 0 Å². The average Bonchev–Trinajstić information content (AvgIpc) is 1.63. The summed E-state index contributed by atoms with van der Waals surface area (Å²) in [5, 5.41) is 27.4. The first-order valence-corrected chi connectivity index (χ1v) is 43.7. The Balaban J connectivity index is 0.000000118. The van der Waals surface area contributed by atoms with Crippen LogP contribution in [0, 0.1) is 0 Å². The molecular formula is C120H85N9. The number of benzene rings is 19. The van der Waals surface area contributed by atoms with E-state index in [0.717, 1.165) is 114 Å². The lowest BCUT2D eigenvalue weighted by Gasteiger charge is -2.12. The highest BCUT2D eigenvalue weighted by Gasteiger charge is 2.22. The van der Waals surface area contributed by atoms with Gasteiger partial charge in [-0.3, -0.25) is 0 Å². The number of hydrogen-bond donors (Lipinski definition) is 0. The lowest BCUT2D eigenvalue weighted by molar-refractivity contribution is 0.846. The van der Waals surface area contributed by atoms with Crippen molar-refractivity contribution in [2.45, 2.75) is 12.8 Å². The number of para-hydroxylation sites is 1. The average molecular weight is 1650 g/mol. The van der Waals surface area contributed by atoms with Gasteiger partial charge in [-0.2, -0.15) is 0 Å². The summed E-state index contributed by atoms with van der Waals surface area (Å²) >= 11 is 0. The van der Waals surface area contributed by atoms with Crippen molar-refractivity contribution < 1.29 is 0 Å². The van der Waals surface area contributed by atoms with Crippen LogP contribution in [0.1, 0.15) is 35.1 Å². The van der Waals surface area contributed by atoms with E-state index in [1.807, 2.05) is 68.6 Å². The zero-order chi connectivity index (χ0) is 86.0. The Bertz CT molecular complexity index is 7910. The van der Waals surface area contributed by atoms with Crippen molar-refractivity contribution in [3.63, 3.8) is 0 Å². The standard InChI is InChI=1S/C44H29N3.C40H29N3.C36H27N3/c1-3-11-37-28-39(26-20-30(37)8-1)32-16-22-35(23-17-32)43-45-44(47(46-43)42-15-7-13-34-10-5-6-14-41(34)42)36-24-18-33(19-25-36)40-27-21-31-9-2-4-12-38(31)29-40;1-2-15-38(16-3-1)43-40(37-14-8-13-34(27-37)36-24-20-29-10-5-7-12-33(29)26-36)41-39(42-43)31-21-17-30(18-22-31)35-23-19-28-9-4-6-11-32(28)25-35;1-4-10-28(11-5-1)16-18-30-20-24-32(25-21-30)35-37-36(39(38-35)34-14-8-3-9-15-34)33-26-22-31(23-27-33)19-17-29-12-6-2-7-13-29/h1-29H;1-2,4-15,17-27H,3,16H2;1-27H/b;;18-16-,19-17-. The first-order valence-electron chi connectivity index (χ1n) is 43.7. The third kappa shape index (κ3) is 17.5. The molecule has 0 radical (unpaired) electrons. The van der Waals surface area contributed by atoms with E-state index in [0.29, 0.717) is 11.6 Å². The molecule has 0 aliphatic heterocycles. The summed E-state index contributed by atoms with van der Waals surface area (Å²) in [6, 6.07) is 157. The smallest absolute Gasteiger partial charge is 0.182 e. The van der Waals surface area contributed by atoms with Crippen LogP contribution < -0.4 is 0 Å². The van der Waals surface area contributed by atoms with Gasteiger partial charge in [-0.1, -0.05) is 437 Å². The number of nitrogens with zero attached hydrogens (tertiary/aromatic N) is 9. The summed E-state index contributed by atoms with van der Waals surface area (Å²) in [4.78, 5) is 15.3. The molecule has 23 rings (SSSR count). The summed E-state index contributed by atoms with van der Waals surface area (Å²) in [7, 11) is 0. The molecular weight excluding hydrogens is 1570 g/mol. The van der Waals surface area contributed by atoms with Crippen LogP contribution in [0.4, 0.5) is 0 Å². The van der Waals surface area contributed by atoms with E-state index >= 15 is 0 Å². The van der Waals surface area contributed by atoms with Gasteiger partial charge in [0, 0.05) is 44.5 Å². The molecule has 3 heterocycles. The minimum absolute atomic E-state index is 0.691. The van der Waals surface area contributed by atoms with Gasteiger partial charge in [-0.05, 0) is 183 Å². The van der Waals surface area contributed by atoms with Gasteiger partial charge >= 0.3 is 0 Å². The molecule has 129 heavy (non-hydrogen) atoms. The second-order valence-electron chi connectivity index (χ2n) is 32.3. The number of allylic oxidation sites excluding steroid dienone is 4. The first-order chi connectivity index (χ1) is 63.9. The van der Waals surface area contributed by atoms with Crippen molar-refractivity contribution in [3.05, 3.63) is 489 Å². The van der Waals surface area contributed by atoms with Crippen LogP contribution in [0.3, 0.4) is 0 Å². The van der Waals surface area contributed by atoms with Gasteiger partial charge in [0.15, 0.2) is 34.9 Å². The highest BCUT2D eigenvalue weighted by molar-refractivity contribution is 5.94. The van der Waals surface area contributed by atoms with Crippen molar-refractivity contribution in [1.29, 1.82) is 0 Å². The van der Waals surface area contributed by atoms with Crippen molar-refractivity contribution in [2.75, 3.05) is 0 Å². The van der Waals surface area contributed by atoms with Crippen LogP contribution >= 0.6 is 0 Å². The van der Waals surface area contributed by atoms with Crippen LogP contribution in [0.2, 0.25) is 0 Å². The van der Waals surface area contributed by atoms with E-state index in [4.69, 9.17) is 30.2 Å². The second kappa shape index (κ2) is 36.3. The molecule has 0 fully saturated rings. The number of fused-ring (bicyclic) bond motifs is 5. The minimum Gasteiger partial charge on any atom is -0.217 e. The Hall–Kier alpha value is -17.1. The SMILES string of the molecule is C(=C/c1ccc(-c2nc(-c3ccc(/C=C\c4ccccc4)cc3)n(-c3ccccc3)n2)cc1)/c1ccccc1.C1=CCCC(n2nc(-c3ccc(-c4ccc5ccccc5c4)cc3)nc2-c2cccc(-c3ccc4ccccc4c3)c2)=C1.c1ccc2cc(-c3ccc(-c4nc(-c5ccc(-c6ccc7ccccc7c6)cc5)n(-c5cccc6ccccc56)n4)cc3)ccc2c1. The van der Waals surface area contributed by atoms with Gasteiger partial charge in [0.05, 0.1) is 11.4 Å². The molecule has 0 unspecified atom stereocenters. The molecule has 0 amide bonds. The van der Waals surface area contributed by atoms with Gasteiger partial charge in [0.25, 0.3) is 0 Å². The monoisotopic (exact) mass is 1650 g/mol. The van der Waals surface area contributed by atoms with Crippen LogP contribution in [0.15, 0.2) is 467 Å². The Morgan fingerprint density at radius 2 is 0.519 bits per heavy atom. The van der Waals surface area contributed by atoms with Gasteiger partial charge in [0.1, 0.15) is 0 Å². The van der Waals surface area contributed by atoms with E-state index in [1.54, 1.807) is 0 Å². The highest BCUT2D eigenvalue weighted by Crippen LogP contribution is 2.38. The number of aromatic nitrogens is 9. The molecule has 0 saturated carbocycles. The van der Waals surface area contributed by atoms with Gasteiger partial charge in [0.2, 0.25) is 0 Å². The fourth-order valence-electron chi connectivity index (χ4n) is 16.9. The molecule has 9 nitrogen and oxygen atoms in total. The van der Waals surface area contributed by atoms with Crippen LogP contribution in [0.25, 0.3) is 208 Å². The van der Waals surface area contributed by atoms with Crippen molar-refractivity contribution >= 4 is 83.9 Å². The molecule has 0 atom stereocenters. The fourth-order valence-corrected chi connectivity index (χ4v) is 16.9. The molecule has 0 spiro atoms. The van der Waals surface area contributed by atoms with Crippen LogP contribution in [0.5, 0.6) is 0 Å². The summed E-state index contributed by atoms with van der Waals surface area (Å²) in [5.74, 6) is 4.59. The molecule has 1 aliphatic carbocycles. The molecule has 19 aromatic carbocycles. The maximum Gasteiger partial charge on any atom is 0.182 e. The Morgan fingerprint density at radius 3 is 0.969 bits per heavy atom. The fraction of sp³-hybridized carbons (Fsp3) is 0.0167. The molecule has 0 saturated heterocycles. The maximum atomic E-state index is 5.17. The van der Waals surface area contributed by atoms with Crippen LogP contribution in [-0.4, -0.2) is 44.3 Å². The number of rotatable bonds is 17. The third-order valence-electron chi connectivity index (χ3n) is 23.8. The van der Waals surface area contributed by atoms with E-state index in [9.17, 15) is 0 Å². The summed E-state index contributed by atoms with van der Waals surface area (Å²) < 4.78 is 5.96. The van der Waals surface area contributed by atoms with E-state index < -0.39 is 0 Å². The topological polar surface area (TPSA) is 92.1 Å². The van der Waals surface area contributed by atoms with Crippen LogP contribution in [-0.2, 0) is 0 Å². The summed E-state index contributed by atoms with van der Waals surface area (Å²) in [5.41, 5.74) is 23.2. The molecule has 610 valence electrons. The molecule has 1 aliphatic rings.